The molecule has 0 saturated heterocycles. The van der Waals surface area contributed by atoms with Crippen LogP contribution in [0.15, 0.2) is 0 Å². The van der Waals surface area contributed by atoms with Gasteiger partial charge in [-0.1, -0.05) is 13.8 Å². The van der Waals surface area contributed by atoms with E-state index in [0.717, 1.165) is 0 Å². The van der Waals surface area contributed by atoms with Gasteiger partial charge in [0, 0.05) is 18.8 Å². The zero-order valence-corrected chi connectivity index (χ0v) is 6.37. The van der Waals surface area contributed by atoms with Gasteiger partial charge in [-0.3, -0.25) is 4.79 Å². The molecule has 0 rings (SSSR count). The third kappa shape index (κ3) is 3.58. The van der Waals surface area contributed by atoms with Crippen molar-refractivity contribution in [3.63, 3.8) is 0 Å². The van der Waals surface area contributed by atoms with Crippen LogP contribution >= 0.6 is 0 Å². The Bertz CT molecular complexity index is 109. The summed E-state index contributed by atoms with van der Waals surface area (Å²) >= 11 is 0. The van der Waals surface area contributed by atoms with Crippen LogP contribution in [-0.2, 0) is 4.79 Å². The predicted molar refractivity (Wildman–Crippen MR) is 37.3 cm³/mol. The van der Waals surface area contributed by atoms with E-state index in [1.165, 1.54) is 0 Å². The van der Waals surface area contributed by atoms with E-state index in [1.807, 2.05) is 0 Å². The molecule has 1 atom stereocenters. The SMILES string of the molecule is CCC(=O)CC(C)C(O)O. The number of rotatable bonds is 4. The van der Waals surface area contributed by atoms with E-state index in [2.05, 4.69) is 0 Å². The summed E-state index contributed by atoms with van der Waals surface area (Å²) in [6.07, 6.45) is -0.638. The molecule has 0 radical (unpaired) electrons. The van der Waals surface area contributed by atoms with Crippen molar-refractivity contribution in [3.8, 4) is 0 Å². The highest BCUT2D eigenvalue weighted by Crippen LogP contribution is 2.07. The highest BCUT2D eigenvalue weighted by atomic mass is 16.5. The Morgan fingerprint density at radius 2 is 2.00 bits per heavy atom. The third-order valence-electron chi connectivity index (χ3n) is 1.45. The molecule has 0 fully saturated rings. The summed E-state index contributed by atoms with van der Waals surface area (Å²) in [5.74, 6) is -0.270. The van der Waals surface area contributed by atoms with Crippen LogP contribution < -0.4 is 0 Å². The van der Waals surface area contributed by atoms with E-state index < -0.39 is 6.29 Å². The summed E-state index contributed by atoms with van der Waals surface area (Å²) in [6.45, 7) is 3.40. The fourth-order valence-corrected chi connectivity index (χ4v) is 0.609. The molecule has 0 bridgehead atoms. The van der Waals surface area contributed by atoms with Gasteiger partial charge in [0.15, 0.2) is 6.29 Å². The molecule has 0 aliphatic rings. The number of hydrogen-bond acceptors (Lipinski definition) is 3. The summed E-state index contributed by atoms with van der Waals surface area (Å²) in [4.78, 5) is 10.7. The van der Waals surface area contributed by atoms with Crippen molar-refractivity contribution in [2.45, 2.75) is 33.0 Å². The second-order valence-electron chi connectivity index (χ2n) is 2.49. The second-order valence-corrected chi connectivity index (χ2v) is 2.49. The highest BCUT2D eigenvalue weighted by Gasteiger charge is 2.13. The summed E-state index contributed by atoms with van der Waals surface area (Å²) in [5.41, 5.74) is 0. The van der Waals surface area contributed by atoms with Crippen molar-refractivity contribution >= 4 is 5.78 Å². The second kappa shape index (κ2) is 4.41. The molecule has 3 heteroatoms. The van der Waals surface area contributed by atoms with E-state index in [0.29, 0.717) is 6.42 Å². The van der Waals surface area contributed by atoms with Gasteiger partial charge in [-0.15, -0.1) is 0 Å². The maximum atomic E-state index is 10.7. The molecule has 0 saturated carbocycles. The average Bonchev–Trinajstić information content (AvgIpc) is 1.87. The van der Waals surface area contributed by atoms with Crippen LogP contribution in [0.5, 0.6) is 0 Å². The van der Waals surface area contributed by atoms with Gasteiger partial charge in [0.1, 0.15) is 5.78 Å². The van der Waals surface area contributed by atoms with Crippen LogP contribution in [0.4, 0.5) is 0 Å². The van der Waals surface area contributed by atoms with Crippen LogP contribution in [0, 0.1) is 5.92 Å². The molecular weight excluding hydrogens is 132 g/mol. The Balaban J connectivity index is 3.57. The average molecular weight is 146 g/mol. The van der Waals surface area contributed by atoms with Crippen LogP contribution in [0.3, 0.4) is 0 Å². The van der Waals surface area contributed by atoms with Gasteiger partial charge < -0.3 is 10.2 Å². The number of aliphatic hydroxyl groups excluding tert-OH is 1. The lowest BCUT2D eigenvalue weighted by atomic mass is 10.0. The lowest BCUT2D eigenvalue weighted by molar-refractivity contribution is -0.125. The molecular formula is C7H14O3. The molecule has 0 aromatic rings. The Hall–Kier alpha value is -0.410. The monoisotopic (exact) mass is 146 g/mol. The lowest BCUT2D eigenvalue weighted by Gasteiger charge is -2.10. The minimum absolute atomic E-state index is 0.0700. The zero-order chi connectivity index (χ0) is 8.15. The first-order valence-electron chi connectivity index (χ1n) is 3.45. The molecule has 10 heavy (non-hydrogen) atoms. The fraction of sp³-hybridized carbons (Fsp3) is 0.857. The standard InChI is InChI=1S/C7H14O3/c1-3-6(8)4-5(2)7(9)10/h5,7,9-10H,3-4H2,1-2H3. The van der Waals surface area contributed by atoms with Crippen molar-refractivity contribution in [1.29, 1.82) is 0 Å². The number of ketones is 1. The molecule has 0 aromatic carbocycles. The lowest BCUT2D eigenvalue weighted by Crippen LogP contribution is -2.19. The molecule has 3 nitrogen and oxygen atoms in total. The molecule has 2 N–H and O–H groups in total. The first-order valence-corrected chi connectivity index (χ1v) is 3.45. The van der Waals surface area contributed by atoms with Crippen molar-refractivity contribution in [2.75, 3.05) is 0 Å². The van der Waals surface area contributed by atoms with Gasteiger partial charge in [0.05, 0.1) is 0 Å². The van der Waals surface area contributed by atoms with E-state index in [9.17, 15) is 4.79 Å². The molecule has 60 valence electrons. The fourth-order valence-electron chi connectivity index (χ4n) is 0.609. The minimum Gasteiger partial charge on any atom is -0.368 e. The predicted octanol–water partition coefficient (Wildman–Crippen LogP) is 0.302. The van der Waals surface area contributed by atoms with Gasteiger partial charge >= 0.3 is 0 Å². The van der Waals surface area contributed by atoms with Crippen molar-refractivity contribution in [2.24, 2.45) is 5.92 Å². The van der Waals surface area contributed by atoms with E-state index in [1.54, 1.807) is 13.8 Å². The van der Waals surface area contributed by atoms with Crippen LogP contribution in [0.2, 0.25) is 0 Å². The summed E-state index contributed by atoms with van der Waals surface area (Å²) < 4.78 is 0. The summed E-state index contributed by atoms with van der Waals surface area (Å²) in [6, 6.07) is 0. The molecule has 0 aromatic heterocycles. The van der Waals surface area contributed by atoms with Crippen molar-refractivity contribution in [3.05, 3.63) is 0 Å². The first kappa shape index (κ1) is 9.59. The molecule has 0 aliphatic heterocycles. The highest BCUT2D eigenvalue weighted by molar-refractivity contribution is 5.78. The molecule has 1 unspecified atom stereocenters. The van der Waals surface area contributed by atoms with E-state index in [4.69, 9.17) is 10.2 Å². The Morgan fingerprint density at radius 1 is 1.50 bits per heavy atom. The Kier molecular flexibility index (Phi) is 4.23. The number of Topliss-reactive ketones (excluding diaryl/α,β-unsaturated/α-hetero) is 1. The van der Waals surface area contributed by atoms with E-state index >= 15 is 0 Å². The van der Waals surface area contributed by atoms with Gasteiger partial charge in [-0.2, -0.15) is 0 Å². The van der Waals surface area contributed by atoms with Gasteiger partial charge in [-0.25, -0.2) is 0 Å². The summed E-state index contributed by atoms with van der Waals surface area (Å²) in [7, 11) is 0. The topological polar surface area (TPSA) is 57.5 Å². The molecule has 0 amide bonds. The number of aliphatic hydroxyl groups is 2. The Morgan fingerprint density at radius 3 is 2.30 bits per heavy atom. The van der Waals surface area contributed by atoms with Gasteiger partial charge in [0.2, 0.25) is 0 Å². The van der Waals surface area contributed by atoms with Crippen molar-refractivity contribution < 1.29 is 15.0 Å². The van der Waals surface area contributed by atoms with Crippen LogP contribution in [-0.4, -0.2) is 22.3 Å². The van der Waals surface area contributed by atoms with Crippen LogP contribution in [0.25, 0.3) is 0 Å². The third-order valence-corrected chi connectivity index (χ3v) is 1.45. The molecule has 0 spiro atoms. The minimum atomic E-state index is -1.37. The maximum absolute atomic E-state index is 10.7. The van der Waals surface area contributed by atoms with E-state index in [-0.39, 0.29) is 18.1 Å². The first-order chi connectivity index (χ1) is 4.57. The maximum Gasteiger partial charge on any atom is 0.154 e. The zero-order valence-electron chi connectivity index (χ0n) is 6.37. The smallest absolute Gasteiger partial charge is 0.154 e. The van der Waals surface area contributed by atoms with Gasteiger partial charge in [-0.05, 0) is 0 Å². The molecule has 0 heterocycles. The van der Waals surface area contributed by atoms with Crippen LogP contribution in [0.1, 0.15) is 26.7 Å². The molecule has 0 aliphatic carbocycles. The van der Waals surface area contributed by atoms with Gasteiger partial charge in [0.25, 0.3) is 0 Å². The number of carbonyl (C=O) groups excluding carboxylic acids is 1. The van der Waals surface area contributed by atoms with Crippen molar-refractivity contribution in [1.82, 2.24) is 0 Å². The quantitative estimate of drug-likeness (QED) is 0.561. The summed E-state index contributed by atoms with van der Waals surface area (Å²) in [5, 5.41) is 17.1. The number of hydrogen-bond donors (Lipinski definition) is 2. The number of carbonyl (C=O) groups is 1. The Labute approximate surface area is 60.7 Å². The largest absolute Gasteiger partial charge is 0.368 e. The normalized spacial score (nSPS) is 13.7.